The van der Waals surface area contributed by atoms with Gasteiger partial charge in [0.05, 0.1) is 21.8 Å². The van der Waals surface area contributed by atoms with E-state index in [1.54, 1.807) is 0 Å². The molecule has 136 valence electrons. The number of hydrogen-bond donors (Lipinski definition) is 2. The molecule has 2 N–H and O–H groups in total. The van der Waals surface area contributed by atoms with Crippen molar-refractivity contribution >= 4 is 22.6 Å². The first-order chi connectivity index (χ1) is 11.0. The second-order valence-electron chi connectivity index (χ2n) is 8.41. The number of rotatable bonds is 6. The predicted molar refractivity (Wildman–Crippen MR) is 103 cm³/mol. The maximum atomic E-state index is 12.7. The molecule has 0 spiro atoms. The maximum Gasteiger partial charge on any atom is 0.0973 e. The molecular formula is C19H30ClNO2S. The Kier molecular flexibility index (Phi) is 6.17. The lowest BCUT2D eigenvalue weighted by Gasteiger charge is -2.52. The van der Waals surface area contributed by atoms with Crippen LogP contribution >= 0.6 is 11.6 Å². The summed E-state index contributed by atoms with van der Waals surface area (Å²) in [4.78, 5) is 0. The third-order valence-electron chi connectivity index (χ3n) is 4.80. The fraction of sp³-hybridized carbons (Fsp3) is 0.684. The zero-order valence-electron chi connectivity index (χ0n) is 15.3. The summed E-state index contributed by atoms with van der Waals surface area (Å²) in [7, 11) is -1.15. The van der Waals surface area contributed by atoms with Crippen molar-refractivity contribution < 1.29 is 9.32 Å². The van der Waals surface area contributed by atoms with Crippen LogP contribution in [0.2, 0.25) is 5.02 Å². The van der Waals surface area contributed by atoms with E-state index in [1.165, 1.54) is 5.56 Å². The van der Waals surface area contributed by atoms with Gasteiger partial charge in [0, 0.05) is 16.5 Å². The van der Waals surface area contributed by atoms with Gasteiger partial charge in [-0.15, -0.1) is 0 Å². The van der Waals surface area contributed by atoms with Crippen LogP contribution in [0.3, 0.4) is 0 Å². The molecule has 0 aliphatic heterocycles. The van der Waals surface area contributed by atoms with Gasteiger partial charge in [-0.2, -0.15) is 0 Å². The van der Waals surface area contributed by atoms with Crippen LogP contribution in [0.5, 0.6) is 0 Å². The van der Waals surface area contributed by atoms with Crippen molar-refractivity contribution in [2.75, 3.05) is 0 Å². The first-order valence-corrected chi connectivity index (χ1v) is 10.2. The first kappa shape index (κ1) is 19.9. The molecule has 1 aromatic rings. The highest BCUT2D eigenvalue weighted by Crippen LogP contribution is 2.48. The van der Waals surface area contributed by atoms with Crippen molar-refractivity contribution in [3.05, 3.63) is 34.9 Å². The molecule has 0 unspecified atom stereocenters. The van der Waals surface area contributed by atoms with E-state index < -0.39 is 11.0 Å². The Morgan fingerprint density at radius 1 is 1.29 bits per heavy atom. The molecule has 5 heteroatoms. The van der Waals surface area contributed by atoms with Gasteiger partial charge in [-0.1, -0.05) is 37.6 Å². The topological polar surface area (TPSA) is 49.3 Å². The molecule has 0 radical (unpaired) electrons. The molecule has 24 heavy (non-hydrogen) atoms. The summed E-state index contributed by atoms with van der Waals surface area (Å²) >= 11 is 6.05. The van der Waals surface area contributed by atoms with E-state index in [2.05, 4.69) is 18.6 Å². The standard InChI is InChI=1S/C19H30ClNO2S/c1-13(2)10-17(21-24(23)18(3,4)5)19(11-16(22)12-19)14-6-8-15(20)9-7-14/h6-9,13,16-17,21-22H,10-12H2,1-5H3/t16?,17-,19?,24-/m1/s1. The normalized spacial score (nSPS) is 26.9. The van der Waals surface area contributed by atoms with E-state index in [-0.39, 0.29) is 22.3 Å². The minimum absolute atomic E-state index is 0.0575. The molecule has 0 aromatic heterocycles. The molecule has 1 fully saturated rings. The van der Waals surface area contributed by atoms with Crippen molar-refractivity contribution in [3.8, 4) is 0 Å². The Hall–Kier alpha value is -0.420. The minimum Gasteiger partial charge on any atom is -0.393 e. The van der Waals surface area contributed by atoms with E-state index in [0.29, 0.717) is 23.8 Å². The highest BCUT2D eigenvalue weighted by atomic mass is 35.5. The Labute approximate surface area is 153 Å². The lowest BCUT2D eigenvalue weighted by molar-refractivity contribution is -0.00251. The zero-order valence-corrected chi connectivity index (χ0v) is 16.9. The van der Waals surface area contributed by atoms with Crippen LogP contribution in [0.25, 0.3) is 0 Å². The molecule has 1 aliphatic rings. The second kappa shape index (κ2) is 7.45. The number of aliphatic hydroxyl groups is 1. The van der Waals surface area contributed by atoms with Crippen molar-refractivity contribution in [1.29, 1.82) is 0 Å². The van der Waals surface area contributed by atoms with E-state index in [9.17, 15) is 9.32 Å². The van der Waals surface area contributed by atoms with Gasteiger partial charge in [0.25, 0.3) is 0 Å². The monoisotopic (exact) mass is 371 g/mol. The summed E-state index contributed by atoms with van der Waals surface area (Å²) in [5.41, 5.74) is 0.983. The third kappa shape index (κ3) is 4.40. The largest absolute Gasteiger partial charge is 0.393 e. The summed E-state index contributed by atoms with van der Waals surface area (Å²) in [6, 6.07) is 7.95. The number of aliphatic hydroxyl groups excluding tert-OH is 1. The van der Waals surface area contributed by atoms with Crippen molar-refractivity contribution in [3.63, 3.8) is 0 Å². The smallest absolute Gasteiger partial charge is 0.0973 e. The first-order valence-electron chi connectivity index (χ1n) is 8.67. The summed E-state index contributed by atoms with van der Waals surface area (Å²) in [5, 5.41) is 10.8. The lowest BCUT2D eigenvalue weighted by Crippen LogP contribution is -2.59. The van der Waals surface area contributed by atoms with E-state index in [4.69, 9.17) is 11.6 Å². The third-order valence-corrected chi connectivity index (χ3v) is 6.66. The van der Waals surface area contributed by atoms with Crippen LogP contribution in [0.4, 0.5) is 0 Å². The fourth-order valence-corrected chi connectivity index (χ4v) is 4.51. The van der Waals surface area contributed by atoms with Gasteiger partial charge >= 0.3 is 0 Å². The summed E-state index contributed by atoms with van der Waals surface area (Å²) in [6.45, 7) is 10.3. The average Bonchev–Trinajstić information content (AvgIpc) is 2.42. The SMILES string of the molecule is CC(C)C[C@@H](N[S@](=O)C(C)(C)C)C1(c2ccc(Cl)cc2)CC(O)C1. The number of nitrogens with one attached hydrogen (secondary N) is 1. The molecule has 0 saturated heterocycles. The average molecular weight is 372 g/mol. The Bertz CT molecular complexity index is 574. The van der Waals surface area contributed by atoms with E-state index in [1.807, 2.05) is 45.0 Å². The van der Waals surface area contributed by atoms with Crippen LogP contribution in [-0.4, -0.2) is 26.2 Å². The van der Waals surface area contributed by atoms with Crippen molar-refractivity contribution in [1.82, 2.24) is 4.72 Å². The van der Waals surface area contributed by atoms with Gasteiger partial charge in [0.2, 0.25) is 0 Å². The quantitative estimate of drug-likeness (QED) is 0.787. The second-order valence-corrected chi connectivity index (χ2v) is 10.8. The minimum atomic E-state index is -1.15. The molecule has 1 aromatic carbocycles. The maximum absolute atomic E-state index is 12.7. The van der Waals surface area contributed by atoms with Gasteiger partial charge in [-0.25, -0.2) is 8.93 Å². The molecular weight excluding hydrogens is 342 g/mol. The van der Waals surface area contributed by atoms with Crippen LogP contribution < -0.4 is 4.72 Å². The van der Waals surface area contributed by atoms with Crippen molar-refractivity contribution in [2.45, 2.75) is 76.2 Å². The van der Waals surface area contributed by atoms with Crippen molar-refractivity contribution in [2.24, 2.45) is 5.92 Å². The Balaban J connectivity index is 2.35. The van der Waals surface area contributed by atoms with Gasteiger partial charge < -0.3 is 5.11 Å². The van der Waals surface area contributed by atoms with E-state index in [0.717, 1.165) is 6.42 Å². The Morgan fingerprint density at radius 3 is 2.25 bits per heavy atom. The number of hydrogen-bond acceptors (Lipinski definition) is 2. The van der Waals surface area contributed by atoms with Gasteiger partial charge in [0.1, 0.15) is 0 Å². The highest BCUT2D eigenvalue weighted by Gasteiger charge is 2.51. The lowest BCUT2D eigenvalue weighted by atomic mass is 9.57. The van der Waals surface area contributed by atoms with Gasteiger partial charge in [-0.3, -0.25) is 0 Å². The van der Waals surface area contributed by atoms with Crippen LogP contribution in [0.1, 0.15) is 59.4 Å². The summed E-state index contributed by atoms with van der Waals surface area (Å²) in [5.74, 6) is 0.474. The van der Waals surface area contributed by atoms with E-state index >= 15 is 0 Å². The summed E-state index contributed by atoms with van der Waals surface area (Å²) in [6.07, 6.45) is 2.01. The number of benzene rings is 1. The van der Waals surface area contributed by atoms with Crippen LogP contribution in [0, 0.1) is 5.92 Å². The predicted octanol–water partition coefficient (Wildman–Crippen LogP) is 4.20. The number of halogens is 1. The highest BCUT2D eigenvalue weighted by molar-refractivity contribution is 7.84. The molecule has 2 atom stereocenters. The summed E-state index contributed by atoms with van der Waals surface area (Å²) < 4.78 is 15.8. The van der Waals surface area contributed by atoms with Gasteiger partial charge in [-0.05, 0) is 63.6 Å². The van der Waals surface area contributed by atoms with Crippen LogP contribution in [0.15, 0.2) is 24.3 Å². The molecule has 3 nitrogen and oxygen atoms in total. The Morgan fingerprint density at radius 2 is 1.83 bits per heavy atom. The molecule has 0 bridgehead atoms. The van der Waals surface area contributed by atoms with Gasteiger partial charge in [0.15, 0.2) is 0 Å². The molecule has 1 aliphatic carbocycles. The zero-order chi connectivity index (χ0) is 18.1. The molecule has 2 rings (SSSR count). The van der Waals surface area contributed by atoms with Crippen LogP contribution in [-0.2, 0) is 16.4 Å². The molecule has 0 amide bonds. The molecule has 0 heterocycles. The molecule has 1 saturated carbocycles. The fourth-order valence-electron chi connectivity index (χ4n) is 3.45.